The number of morpholine rings is 1. The lowest BCUT2D eigenvalue weighted by molar-refractivity contribution is 0.122. The fourth-order valence-corrected chi connectivity index (χ4v) is 5.19. The number of hydrogen-bond donors (Lipinski definition) is 0. The molecule has 2 fully saturated rings. The molecule has 0 unspecified atom stereocenters. The monoisotopic (exact) mass is 417 g/mol. The number of aromatic nitrogens is 2. The highest BCUT2D eigenvalue weighted by atomic mass is 32.2. The second-order valence-corrected chi connectivity index (χ2v) is 9.47. The zero-order valence-corrected chi connectivity index (χ0v) is 17.5. The Labute approximate surface area is 172 Å². The van der Waals surface area contributed by atoms with Crippen molar-refractivity contribution in [3.05, 3.63) is 47.7 Å². The van der Waals surface area contributed by atoms with Gasteiger partial charge < -0.3 is 14.5 Å². The predicted octanol–water partition coefficient (Wildman–Crippen LogP) is 1.27. The Balaban J connectivity index is 1.38. The van der Waals surface area contributed by atoms with Gasteiger partial charge in [0.25, 0.3) is 0 Å². The van der Waals surface area contributed by atoms with Crippen LogP contribution in [0.15, 0.2) is 36.5 Å². The molecule has 2 saturated heterocycles. The maximum absolute atomic E-state index is 12.8. The van der Waals surface area contributed by atoms with Crippen LogP contribution >= 0.6 is 0 Å². The number of anilines is 2. The Kier molecular flexibility index (Phi) is 5.98. The molecule has 3 heterocycles. The third-order valence-corrected chi connectivity index (χ3v) is 7.28. The standard InChI is InChI=1S/C20H27N5O3S/c1-17-2-4-18(5-3-17)16-29(26,27)25-8-6-24(7-9-25)20-14-19(15-21-22-20)23-10-12-28-13-11-23/h2-5,14-15H,6-13,16H2,1H3. The number of benzene rings is 1. The molecule has 1 aromatic carbocycles. The van der Waals surface area contributed by atoms with Crippen LogP contribution in [-0.2, 0) is 20.5 Å². The molecule has 0 saturated carbocycles. The van der Waals surface area contributed by atoms with E-state index < -0.39 is 10.0 Å². The first-order valence-electron chi connectivity index (χ1n) is 9.95. The predicted molar refractivity (Wildman–Crippen MR) is 113 cm³/mol. The Morgan fingerprint density at radius 3 is 2.34 bits per heavy atom. The van der Waals surface area contributed by atoms with Crippen molar-refractivity contribution in [2.75, 3.05) is 62.3 Å². The van der Waals surface area contributed by atoms with Gasteiger partial charge in [0.05, 0.1) is 30.9 Å². The highest BCUT2D eigenvalue weighted by Gasteiger charge is 2.28. The minimum atomic E-state index is -3.33. The molecular formula is C20H27N5O3S. The first kappa shape index (κ1) is 20.1. The quantitative estimate of drug-likeness (QED) is 0.725. The minimum Gasteiger partial charge on any atom is -0.378 e. The molecule has 0 N–H and O–H groups in total. The number of rotatable bonds is 5. The van der Waals surface area contributed by atoms with Crippen molar-refractivity contribution in [2.24, 2.45) is 0 Å². The fourth-order valence-electron chi connectivity index (χ4n) is 3.68. The highest BCUT2D eigenvalue weighted by Crippen LogP contribution is 2.22. The highest BCUT2D eigenvalue weighted by molar-refractivity contribution is 7.88. The number of sulfonamides is 1. The van der Waals surface area contributed by atoms with Crippen molar-refractivity contribution in [1.82, 2.24) is 14.5 Å². The van der Waals surface area contributed by atoms with E-state index in [1.54, 1.807) is 10.5 Å². The van der Waals surface area contributed by atoms with Crippen LogP contribution in [0, 0.1) is 6.92 Å². The maximum Gasteiger partial charge on any atom is 0.218 e. The third-order valence-electron chi connectivity index (χ3n) is 5.43. The molecule has 0 spiro atoms. The molecule has 4 rings (SSSR count). The number of aryl methyl sites for hydroxylation is 1. The van der Waals surface area contributed by atoms with Crippen molar-refractivity contribution in [2.45, 2.75) is 12.7 Å². The van der Waals surface area contributed by atoms with Gasteiger partial charge in [0.2, 0.25) is 10.0 Å². The summed E-state index contributed by atoms with van der Waals surface area (Å²) in [6, 6.07) is 9.70. The molecule has 0 aliphatic carbocycles. The van der Waals surface area contributed by atoms with Gasteiger partial charge in [-0.2, -0.15) is 9.40 Å². The lowest BCUT2D eigenvalue weighted by Gasteiger charge is -2.35. The molecule has 9 heteroatoms. The van der Waals surface area contributed by atoms with Crippen LogP contribution in [-0.4, -0.2) is 75.4 Å². The van der Waals surface area contributed by atoms with Gasteiger partial charge in [0.1, 0.15) is 0 Å². The zero-order valence-electron chi connectivity index (χ0n) is 16.7. The van der Waals surface area contributed by atoms with E-state index in [2.05, 4.69) is 20.0 Å². The van der Waals surface area contributed by atoms with Crippen molar-refractivity contribution in [3.63, 3.8) is 0 Å². The van der Waals surface area contributed by atoms with Gasteiger partial charge in [-0.05, 0) is 12.5 Å². The lowest BCUT2D eigenvalue weighted by atomic mass is 10.2. The molecule has 2 aliphatic heterocycles. The van der Waals surface area contributed by atoms with Crippen LogP contribution in [0.4, 0.5) is 11.5 Å². The van der Waals surface area contributed by atoms with Crippen molar-refractivity contribution in [1.29, 1.82) is 0 Å². The topological polar surface area (TPSA) is 78.9 Å². The largest absolute Gasteiger partial charge is 0.378 e. The molecule has 0 bridgehead atoms. The van der Waals surface area contributed by atoms with Crippen molar-refractivity contribution < 1.29 is 13.2 Å². The second-order valence-electron chi connectivity index (χ2n) is 7.50. The Morgan fingerprint density at radius 2 is 1.66 bits per heavy atom. The van der Waals surface area contributed by atoms with E-state index in [0.717, 1.165) is 48.9 Å². The Morgan fingerprint density at radius 1 is 0.966 bits per heavy atom. The number of hydrogen-bond acceptors (Lipinski definition) is 7. The summed E-state index contributed by atoms with van der Waals surface area (Å²) in [6.07, 6.45) is 1.77. The fraction of sp³-hybridized carbons (Fsp3) is 0.500. The van der Waals surface area contributed by atoms with Gasteiger partial charge in [0.15, 0.2) is 5.82 Å². The minimum absolute atomic E-state index is 0.0413. The molecular weight excluding hydrogens is 390 g/mol. The molecule has 0 atom stereocenters. The maximum atomic E-state index is 12.8. The molecule has 0 radical (unpaired) electrons. The van der Waals surface area contributed by atoms with E-state index in [9.17, 15) is 8.42 Å². The molecule has 8 nitrogen and oxygen atoms in total. The van der Waals surface area contributed by atoms with E-state index in [1.165, 1.54) is 0 Å². The summed E-state index contributed by atoms with van der Waals surface area (Å²) in [6.45, 7) is 7.24. The number of ether oxygens (including phenoxy) is 1. The summed E-state index contributed by atoms with van der Waals surface area (Å²) < 4.78 is 32.6. The summed E-state index contributed by atoms with van der Waals surface area (Å²) in [5.41, 5.74) is 2.98. The average Bonchev–Trinajstić information content (AvgIpc) is 2.76. The van der Waals surface area contributed by atoms with Crippen LogP contribution in [0.3, 0.4) is 0 Å². The first-order chi connectivity index (χ1) is 14.0. The molecule has 0 amide bonds. The SMILES string of the molecule is Cc1ccc(CS(=O)(=O)N2CCN(c3cc(N4CCOCC4)cnn3)CC2)cc1. The van der Waals surface area contributed by atoms with Crippen LogP contribution < -0.4 is 9.80 Å². The van der Waals surface area contributed by atoms with Gasteiger partial charge in [-0.1, -0.05) is 29.8 Å². The molecule has 29 heavy (non-hydrogen) atoms. The Hall–Kier alpha value is -2.23. The van der Waals surface area contributed by atoms with Crippen LogP contribution in [0.5, 0.6) is 0 Å². The van der Waals surface area contributed by atoms with Gasteiger partial charge >= 0.3 is 0 Å². The third kappa shape index (κ3) is 4.85. The number of nitrogens with zero attached hydrogens (tertiary/aromatic N) is 5. The van der Waals surface area contributed by atoms with E-state index >= 15 is 0 Å². The summed E-state index contributed by atoms with van der Waals surface area (Å²) in [5.74, 6) is 0.837. The van der Waals surface area contributed by atoms with E-state index in [0.29, 0.717) is 26.2 Å². The lowest BCUT2D eigenvalue weighted by Crippen LogP contribution is -2.49. The van der Waals surface area contributed by atoms with E-state index in [1.807, 2.05) is 37.3 Å². The smallest absolute Gasteiger partial charge is 0.218 e. The van der Waals surface area contributed by atoms with E-state index in [-0.39, 0.29) is 5.75 Å². The summed E-state index contributed by atoms with van der Waals surface area (Å²) in [5, 5.41) is 8.43. The number of piperazine rings is 1. The van der Waals surface area contributed by atoms with Gasteiger partial charge in [-0.3, -0.25) is 0 Å². The van der Waals surface area contributed by atoms with Crippen LogP contribution in [0.25, 0.3) is 0 Å². The molecule has 2 aliphatic rings. The van der Waals surface area contributed by atoms with E-state index in [4.69, 9.17) is 4.74 Å². The summed E-state index contributed by atoms with van der Waals surface area (Å²) in [4.78, 5) is 4.35. The first-order valence-corrected chi connectivity index (χ1v) is 11.6. The summed E-state index contributed by atoms with van der Waals surface area (Å²) >= 11 is 0. The van der Waals surface area contributed by atoms with Gasteiger partial charge in [-0.15, -0.1) is 5.10 Å². The van der Waals surface area contributed by atoms with Gasteiger partial charge in [-0.25, -0.2) is 8.42 Å². The van der Waals surface area contributed by atoms with Gasteiger partial charge in [0, 0.05) is 45.3 Å². The molecule has 2 aromatic rings. The average molecular weight is 418 g/mol. The second kappa shape index (κ2) is 8.64. The molecule has 156 valence electrons. The van der Waals surface area contributed by atoms with Crippen LogP contribution in [0.2, 0.25) is 0 Å². The molecule has 1 aromatic heterocycles. The Bertz CT molecular complexity index is 921. The van der Waals surface area contributed by atoms with Crippen LogP contribution in [0.1, 0.15) is 11.1 Å². The van der Waals surface area contributed by atoms with Crippen molar-refractivity contribution >= 4 is 21.5 Å². The zero-order chi connectivity index (χ0) is 20.3. The summed E-state index contributed by atoms with van der Waals surface area (Å²) in [7, 11) is -3.33. The van der Waals surface area contributed by atoms with Crippen molar-refractivity contribution in [3.8, 4) is 0 Å². The normalized spacial score (nSPS) is 18.8.